The van der Waals surface area contributed by atoms with Crippen LogP contribution < -0.4 is 4.74 Å². The molecule has 2 aliphatic carbocycles. The molecule has 0 heterocycles. The van der Waals surface area contributed by atoms with Gasteiger partial charge in [-0.3, -0.25) is 4.79 Å². The van der Waals surface area contributed by atoms with Gasteiger partial charge in [0.1, 0.15) is 5.75 Å². The average Bonchev–Trinajstić information content (AvgIpc) is 3.23. The number of benzene rings is 1. The summed E-state index contributed by atoms with van der Waals surface area (Å²) in [5.74, 6) is 2.57. The van der Waals surface area contributed by atoms with Crippen molar-refractivity contribution in [2.75, 3.05) is 18.1 Å². The molecule has 2 aliphatic rings. The molecule has 0 N–H and O–H groups in total. The van der Waals surface area contributed by atoms with Crippen molar-refractivity contribution in [2.45, 2.75) is 50.6 Å². The highest BCUT2D eigenvalue weighted by molar-refractivity contribution is 7.99. The Kier molecular flexibility index (Phi) is 6.12. The SMILES string of the molecule is O=C(CSCCOc1ccc(Cl)cc1)N(C1CCCC1)C1CC1. The molecule has 1 aromatic carbocycles. The number of thioether (sulfide) groups is 1. The normalized spacial score (nSPS) is 18.1. The molecule has 126 valence electrons. The number of amides is 1. The van der Waals surface area contributed by atoms with E-state index in [9.17, 15) is 4.79 Å². The van der Waals surface area contributed by atoms with Gasteiger partial charge in [-0.15, -0.1) is 11.8 Å². The number of carbonyl (C=O) groups is 1. The Morgan fingerprint density at radius 1 is 1.13 bits per heavy atom. The van der Waals surface area contributed by atoms with E-state index in [-0.39, 0.29) is 0 Å². The van der Waals surface area contributed by atoms with Gasteiger partial charge >= 0.3 is 0 Å². The number of nitrogens with zero attached hydrogens (tertiary/aromatic N) is 1. The summed E-state index contributed by atoms with van der Waals surface area (Å²) in [7, 11) is 0. The molecule has 3 rings (SSSR count). The summed E-state index contributed by atoms with van der Waals surface area (Å²) in [4.78, 5) is 14.7. The quantitative estimate of drug-likeness (QED) is 0.649. The van der Waals surface area contributed by atoms with Crippen molar-refractivity contribution in [1.82, 2.24) is 4.90 Å². The summed E-state index contributed by atoms with van der Waals surface area (Å²) in [6.45, 7) is 0.617. The molecule has 0 bridgehead atoms. The van der Waals surface area contributed by atoms with Crippen LogP contribution in [0.5, 0.6) is 5.75 Å². The highest BCUT2D eigenvalue weighted by Crippen LogP contribution is 2.34. The third kappa shape index (κ3) is 5.05. The zero-order valence-corrected chi connectivity index (χ0v) is 15.0. The Hall–Kier alpha value is -0.870. The summed E-state index contributed by atoms with van der Waals surface area (Å²) in [5.41, 5.74) is 0. The first-order valence-corrected chi connectivity index (χ1v) is 10.0. The lowest BCUT2D eigenvalue weighted by molar-refractivity contribution is -0.131. The molecule has 23 heavy (non-hydrogen) atoms. The van der Waals surface area contributed by atoms with Gasteiger partial charge in [-0.2, -0.15) is 0 Å². The van der Waals surface area contributed by atoms with E-state index in [0.717, 1.165) is 11.5 Å². The van der Waals surface area contributed by atoms with Crippen LogP contribution in [0, 0.1) is 0 Å². The molecular weight excluding hydrogens is 330 g/mol. The summed E-state index contributed by atoms with van der Waals surface area (Å²) in [6.07, 6.45) is 7.37. The van der Waals surface area contributed by atoms with Gasteiger partial charge in [0.2, 0.25) is 5.91 Å². The standard InChI is InChI=1S/C18H24ClNO2S/c19-14-5-9-17(10-6-14)22-11-12-23-13-18(21)20(16-7-8-16)15-3-1-2-4-15/h5-6,9-10,15-16H,1-4,7-8,11-13H2. The molecule has 1 amide bonds. The Balaban J connectivity index is 1.36. The van der Waals surface area contributed by atoms with E-state index in [4.69, 9.17) is 16.3 Å². The molecule has 0 unspecified atom stereocenters. The van der Waals surface area contributed by atoms with Crippen LogP contribution in [0.25, 0.3) is 0 Å². The lowest BCUT2D eigenvalue weighted by atomic mass is 10.2. The molecule has 0 saturated heterocycles. The molecule has 1 aromatic rings. The fourth-order valence-electron chi connectivity index (χ4n) is 3.22. The van der Waals surface area contributed by atoms with E-state index in [1.807, 2.05) is 24.3 Å². The maximum absolute atomic E-state index is 12.5. The third-order valence-electron chi connectivity index (χ3n) is 4.48. The van der Waals surface area contributed by atoms with Crippen LogP contribution in [-0.2, 0) is 4.79 Å². The molecule has 0 aliphatic heterocycles. The first kappa shape index (κ1) is 17.0. The number of ether oxygens (including phenoxy) is 1. The first-order valence-electron chi connectivity index (χ1n) is 8.51. The van der Waals surface area contributed by atoms with Crippen molar-refractivity contribution in [3.63, 3.8) is 0 Å². The van der Waals surface area contributed by atoms with Crippen molar-refractivity contribution in [3.8, 4) is 5.75 Å². The van der Waals surface area contributed by atoms with E-state index < -0.39 is 0 Å². The van der Waals surface area contributed by atoms with Crippen LogP contribution >= 0.6 is 23.4 Å². The van der Waals surface area contributed by atoms with Crippen LogP contribution in [0.1, 0.15) is 38.5 Å². The third-order valence-corrected chi connectivity index (χ3v) is 5.64. The van der Waals surface area contributed by atoms with Crippen molar-refractivity contribution >= 4 is 29.3 Å². The Labute approximate surface area is 147 Å². The van der Waals surface area contributed by atoms with Crippen molar-refractivity contribution in [2.24, 2.45) is 0 Å². The zero-order chi connectivity index (χ0) is 16.1. The highest BCUT2D eigenvalue weighted by Gasteiger charge is 2.37. The zero-order valence-electron chi connectivity index (χ0n) is 13.4. The summed E-state index contributed by atoms with van der Waals surface area (Å²) in [6, 6.07) is 8.43. The van der Waals surface area contributed by atoms with Crippen molar-refractivity contribution in [1.29, 1.82) is 0 Å². The second-order valence-electron chi connectivity index (χ2n) is 6.33. The molecule has 0 radical (unpaired) electrons. The average molecular weight is 354 g/mol. The fourth-order valence-corrected chi connectivity index (χ4v) is 4.02. The molecule has 2 saturated carbocycles. The van der Waals surface area contributed by atoms with Gasteiger partial charge in [0, 0.05) is 22.9 Å². The molecule has 3 nitrogen and oxygen atoms in total. The number of hydrogen-bond donors (Lipinski definition) is 0. The van der Waals surface area contributed by atoms with Gasteiger partial charge in [0.05, 0.1) is 12.4 Å². The lowest BCUT2D eigenvalue weighted by Crippen LogP contribution is -2.41. The van der Waals surface area contributed by atoms with Gasteiger partial charge in [-0.25, -0.2) is 0 Å². The predicted molar refractivity (Wildman–Crippen MR) is 96.4 cm³/mol. The molecule has 0 spiro atoms. The molecule has 0 aromatic heterocycles. The second kappa shape index (κ2) is 8.29. The maximum atomic E-state index is 12.5. The summed E-state index contributed by atoms with van der Waals surface area (Å²) >= 11 is 7.52. The molecule has 0 atom stereocenters. The van der Waals surface area contributed by atoms with Gasteiger partial charge in [-0.1, -0.05) is 24.4 Å². The van der Waals surface area contributed by atoms with Gasteiger partial charge in [0.15, 0.2) is 0 Å². The molecule has 5 heteroatoms. The Morgan fingerprint density at radius 3 is 2.43 bits per heavy atom. The molecule has 2 fully saturated rings. The first-order chi connectivity index (χ1) is 11.2. The minimum absolute atomic E-state index is 0.330. The van der Waals surface area contributed by atoms with E-state index in [1.54, 1.807) is 11.8 Å². The van der Waals surface area contributed by atoms with Crippen LogP contribution in [0.2, 0.25) is 5.02 Å². The smallest absolute Gasteiger partial charge is 0.233 e. The van der Waals surface area contributed by atoms with Crippen LogP contribution in [0.4, 0.5) is 0 Å². The summed E-state index contributed by atoms with van der Waals surface area (Å²) in [5, 5.41) is 0.712. The molecular formula is C18H24ClNO2S. The van der Waals surface area contributed by atoms with Gasteiger partial charge in [-0.05, 0) is 49.9 Å². The van der Waals surface area contributed by atoms with E-state index >= 15 is 0 Å². The lowest BCUT2D eigenvalue weighted by Gasteiger charge is -2.29. The van der Waals surface area contributed by atoms with Crippen LogP contribution in [0.15, 0.2) is 24.3 Å². The highest BCUT2D eigenvalue weighted by atomic mass is 35.5. The largest absolute Gasteiger partial charge is 0.493 e. The predicted octanol–water partition coefficient (Wildman–Crippen LogP) is 4.39. The van der Waals surface area contributed by atoms with Crippen molar-refractivity contribution in [3.05, 3.63) is 29.3 Å². The number of halogens is 1. The van der Waals surface area contributed by atoms with E-state index in [1.165, 1.54) is 38.5 Å². The monoisotopic (exact) mass is 353 g/mol. The number of rotatable bonds is 8. The fraction of sp³-hybridized carbons (Fsp3) is 0.611. The minimum Gasteiger partial charge on any atom is -0.493 e. The van der Waals surface area contributed by atoms with Gasteiger partial charge < -0.3 is 9.64 Å². The Morgan fingerprint density at radius 2 is 1.78 bits per heavy atom. The number of hydrogen-bond acceptors (Lipinski definition) is 3. The summed E-state index contributed by atoms with van der Waals surface area (Å²) < 4.78 is 5.66. The van der Waals surface area contributed by atoms with Crippen LogP contribution in [0.3, 0.4) is 0 Å². The van der Waals surface area contributed by atoms with Crippen molar-refractivity contribution < 1.29 is 9.53 Å². The van der Waals surface area contributed by atoms with E-state index in [0.29, 0.717) is 35.4 Å². The minimum atomic E-state index is 0.330. The second-order valence-corrected chi connectivity index (χ2v) is 7.87. The van der Waals surface area contributed by atoms with E-state index in [2.05, 4.69) is 4.90 Å². The number of carbonyl (C=O) groups excluding carboxylic acids is 1. The topological polar surface area (TPSA) is 29.5 Å². The maximum Gasteiger partial charge on any atom is 0.233 e. The Bertz CT molecular complexity index is 512. The van der Waals surface area contributed by atoms with Gasteiger partial charge in [0.25, 0.3) is 0 Å². The van der Waals surface area contributed by atoms with Crippen LogP contribution in [-0.4, -0.2) is 41.0 Å².